The van der Waals surface area contributed by atoms with Crippen molar-refractivity contribution >= 4 is 40.3 Å². The maximum atomic E-state index is 12.6. The zero-order valence-corrected chi connectivity index (χ0v) is 20.7. The molecule has 0 radical (unpaired) electrons. The second-order valence-corrected chi connectivity index (χ2v) is 10.5. The Morgan fingerprint density at radius 1 is 1.09 bits per heavy atom. The minimum Gasteiger partial charge on any atom is -0.351 e. The third kappa shape index (κ3) is 6.60. The Bertz CT molecular complexity index is 906. The van der Waals surface area contributed by atoms with Gasteiger partial charge in [0.25, 0.3) is 11.8 Å². The summed E-state index contributed by atoms with van der Waals surface area (Å²) in [6, 6.07) is 7.13. The van der Waals surface area contributed by atoms with Crippen molar-refractivity contribution in [3.8, 4) is 0 Å². The van der Waals surface area contributed by atoms with Crippen molar-refractivity contribution in [2.24, 2.45) is 4.99 Å². The zero-order chi connectivity index (χ0) is 23.9. The first-order valence-corrected chi connectivity index (χ1v) is 13.4. The van der Waals surface area contributed by atoms with Gasteiger partial charge in [0.15, 0.2) is 5.17 Å². The summed E-state index contributed by atoms with van der Waals surface area (Å²) in [5.74, 6) is -0.537. The number of amides is 3. The maximum absolute atomic E-state index is 12.6. The lowest BCUT2D eigenvalue weighted by atomic mass is 10.0. The molecule has 9 heteroatoms. The number of aliphatic imine (C=N–C) groups is 1. The fourth-order valence-corrected chi connectivity index (χ4v) is 5.71. The predicted octanol–water partition coefficient (Wildman–Crippen LogP) is 3.10. The van der Waals surface area contributed by atoms with Gasteiger partial charge in [-0.3, -0.25) is 14.4 Å². The highest BCUT2D eigenvalue weighted by atomic mass is 32.2. The molecule has 1 aromatic rings. The largest absolute Gasteiger partial charge is 0.351 e. The maximum Gasteiger partial charge on any atom is 0.262 e. The molecule has 4 rings (SSSR count). The monoisotopic (exact) mass is 485 g/mol. The molecule has 3 amide bonds. The number of likely N-dealkylation sites (tertiary alicyclic amines) is 2. The van der Waals surface area contributed by atoms with E-state index in [1.165, 1.54) is 24.6 Å². The topological polar surface area (TPSA) is 94.1 Å². The zero-order valence-electron chi connectivity index (χ0n) is 19.9. The fourth-order valence-electron chi connectivity index (χ4n) is 4.59. The number of carbonyl (C=O) groups excluding carboxylic acids is 3. The summed E-state index contributed by atoms with van der Waals surface area (Å²) >= 11 is 1.39. The van der Waals surface area contributed by atoms with Crippen LogP contribution >= 0.6 is 11.8 Å². The van der Waals surface area contributed by atoms with Crippen LogP contribution in [-0.4, -0.2) is 76.7 Å². The highest BCUT2D eigenvalue weighted by Crippen LogP contribution is 2.29. The number of rotatable bonds is 8. The van der Waals surface area contributed by atoms with E-state index in [9.17, 15) is 14.4 Å². The normalized spacial score (nSPS) is 21.6. The fraction of sp³-hybridized carbons (Fsp3) is 0.600. The third-order valence-electron chi connectivity index (χ3n) is 6.66. The molecule has 184 valence electrons. The predicted molar refractivity (Wildman–Crippen MR) is 136 cm³/mol. The summed E-state index contributed by atoms with van der Waals surface area (Å²) in [5, 5.41) is 6.27. The van der Waals surface area contributed by atoms with Gasteiger partial charge in [0, 0.05) is 49.9 Å². The van der Waals surface area contributed by atoms with Crippen LogP contribution in [0.2, 0.25) is 0 Å². The van der Waals surface area contributed by atoms with Crippen LogP contribution in [0.1, 0.15) is 62.2 Å². The van der Waals surface area contributed by atoms with E-state index < -0.39 is 5.25 Å². The van der Waals surface area contributed by atoms with E-state index in [1.807, 2.05) is 0 Å². The minimum atomic E-state index is -0.464. The molecule has 3 aliphatic rings. The number of nitrogens with zero attached hydrogens (tertiary/aromatic N) is 3. The molecule has 1 aromatic carbocycles. The molecule has 0 aromatic heterocycles. The number of thioether (sulfide) groups is 1. The van der Waals surface area contributed by atoms with E-state index >= 15 is 0 Å². The van der Waals surface area contributed by atoms with Crippen LogP contribution in [0.25, 0.3) is 0 Å². The quantitative estimate of drug-likeness (QED) is 0.588. The number of hydrogen-bond acceptors (Lipinski definition) is 6. The molecule has 1 atom stereocenters. The number of amidine groups is 1. The van der Waals surface area contributed by atoms with Crippen LogP contribution in [0.15, 0.2) is 29.3 Å². The van der Waals surface area contributed by atoms with Crippen LogP contribution in [0.3, 0.4) is 0 Å². The lowest BCUT2D eigenvalue weighted by Gasteiger charge is -2.32. The van der Waals surface area contributed by atoms with Crippen LogP contribution in [0, 0.1) is 0 Å². The van der Waals surface area contributed by atoms with Gasteiger partial charge in [0.1, 0.15) is 5.25 Å². The Labute approximate surface area is 205 Å². The van der Waals surface area contributed by atoms with E-state index in [1.54, 1.807) is 24.3 Å². The first-order valence-electron chi connectivity index (χ1n) is 12.5. The molecule has 0 spiro atoms. The van der Waals surface area contributed by atoms with Gasteiger partial charge in [0.05, 0.1) is 0 Å². The first kappa shape index (κ1) is 24.7. The second-order valence-electron chi connectivity index (χ2n) is 9.31. The molecule has 2 fully saturated rings. The first-order chi connectivity index (χ1) is 16.5. The second kappa shape index (κ2) is 11.8. The molecule has 2 saturated heterocycles. The van der Waals surface area contributed by atoms with Crippen molar-refractivity contribution < 1.29 is 14.4 Å². The van der Waals surface area contributed by atoms with E-state index in [0.29, 0.717) is 11.3 Å². The van der Waals surface area contributed by atoms with Crippen molar-refractivity contribution in [2.75, 3.05) is 38.0 Å². The van der Waals surface area contributed by atoms with Crippen LogP contribution in [0.5, 0.6) is 0 Å². The van der Waals surface area contributed by atoms with Crippen molar-refractivity contribution in [1.82, 2.24) is 15.1 Å². The number of anilines is 1. The molecular formula is C25H35N5O3S. The molecule has 2 N–H and O–H groups in total. The van der Waals surface area contributed by atoms with E-state index in [2.05, 4.69) is 32.3 Å². The summed E-state index contributed by atoms with van der Waals surface area (Å²) in [4.78, 5) is 46.1. The Balaban J connectivity index is 1.20. The molecular weight excluding hydrogens is 450 g/mol. The molecule has 0 bridgehead atoms. The Morgan fingerprint density at radius 3 is 2.47 bits per heavy atom. The van der Waals surface area contributed by atoms with Crippen molar-refractivity contribution in [1.29, 1.82) is 0 Å². The number of hydrogen-bond donors (Lipinski definition) is 2. The van der Waals surface area contributed by atoms with Gasteiger partial charge in [-0.25, -0.2) is 0 Å². The Kier molecular flexibility index (Phi) is 8.61. The van der Waals surface area contributed by atoms with Gasteiger partial charge in [-0.2, -0.15) is 4.99 Å². The van der Waals surface area contributed by atoms with Gasteiger partial charge >= 0.3 is 0 Å². The molecule has 3 aliphatic heterocycles. The molecule has 8 nitrogen and oxygen atoms in total. The smallest absolute Gasteiger partial charge is 0.262 e. The summed E-state index contributed by atoms with van der Waals surface area (Å²) in [6.07, 6.45) is 6.71. The number of piperidine rings is 1. The number of benzene rings is 1. The van der Waals surface area contributed by atoms with Crippen molar-refractivity contribution in [2.45, 2.75) is 63.2 Å². The standard InChI is InChI=1S/C25H35N5O3S/c1-2-3-12-29-15-10-20(11-16-29)27-23(32)18-6-8-19(9-7-18)26-22(31)17-21-24(33)28-25(34-21)30-13-4-5-14-30/h6-9,20-21H,2-5,10-17H2,1H3,(H,26,31)(H,27,32). The molecule has 0 saturated carbocycles. The average molecular weight is 486 g/mol. The van der Waals surface area contributed by atoms with Gasteiger partial charge < -0.3 is 20.4 Å². The summed E-state index contributed by atoms with van der Waals surface area (Å²) in [6.45, 7) is 7.26. The van der Waals surface area contributed by atoms with Crippen LogP contribution in [-0.2, 0) is 9.59 Å². The Hall–Kier alpha value is -2.39. The van der Waals surface area contributed by atoms with Crippen molar-refractivity contribution in [3.05, 3.63) is 29.8 Å². The van der Waals surface area contributed by atoms with Gasteiger partial charge in [-0.15, -0.1) is 0 Å². The number of unbranched alkanes of at least 4 members (excludes halogenated alkanes) is 1. The van der Waals surface area contributed by atoms with Crippen molar-refractivity contribution in [3.63, 3.8) is 0 Å². The summed E-state index contributed by atoms with van der Waals surface area (Å²) < 4.78 is 0. The number of nitrogens with one attached hydrogen (secondary N) is 2. The molecule has 3 heterocycles. The van der Waals surface area contributed by atoms with Gasteiger partial charge in [-0.1, -0.05) is 25.1 Å². The molecule has 34 heavy (non-hydrogen) atoms. The molecule has 1 unspecified atom stereocenters. The lowest BCUT2D eigenvalue weighted by Crippen LogP contribution is -2.44. The SMILES string of the molecule is CCCCN1CCC(NC(=O)c2ccc(NC(=O)CC3SC(N4CCCC4)=NC3=O)cc2)CC1. The molecule has 0 aliphatic carbocycles. The highest BCUT2D eigenvalue weighted by Gasteiger charge is 2.33. The van der Waals surface area contributed by atoms with Crippen LogP contribution < -0.4 is 10.6 Å². The van der Waals surface area contributed by atoms with Gasteiger partial charge in [-0.05, 0) is 62.9 Å². The van der Waals surface area contributed by atoms with Gasteiger partial charge in [0.2, 0.25) is 5.91 Å². The summed E-state index contributed by atoms with van der Waals surface area (Å²) in [7, 11) is 0. The third-order valence-corrected chi connectivity index (χ3v) is 7.87. The van der Waals surface area contributed by atoms with E-state index in [4.69, 9.17) is 0 Å². The highest BCUT2D eigenvalue weighted by molar-refractivity contribution is 8.15. The number of carbonyl (C=O) groups is 3. The minimum absolute atomic E-state index is 0.0792. The van der Waals surface area contributed by atoms with E-state index in [0.717, 1.165) is 63.6 Å². The van der Waals surface area contributed by atoms with Crippen LogP contribution in [0.4, 0.5) is 5.69 Å². The summed E-state index contributed by atoms with van der Waals surface area (Å²) in [5.41, 5.74) is 1.19. The van der Waals surface area contributed by atoms with E-state index in [-0.39, 0.29) is 30.2 Å². The Morgan fingerprint density at radius 2 is 1.79 bits per heavy atom. The lowest BCUT2D eigenvalue weighted by molar-refractivity contribution is -0.121. The average Bonchev–Trinajstić information content (AvgIpc) is 3.49.